The zero-order valence-electron chi connectivity index (χ0n) is 30.5. The molecule has 14 N–H and O–H groups in total. The number of rotatable bonds is 2. The van der Waals surface area contributed by atoms with E-state index in [4.69, 9.17) is 8.83 Å². The van der Waals surface area contributed by atoms with E-state index in [1.165, 1.54) is 41.5 Å². The van der Waals surface area contributed by atoms with Crippen molar-refractivity contribution >= 4 is 21.9 Å². The first kappa shape index (κ1) is 40.6. The van der Waals surface area contributed by atoms with Crippen molar-refractivity contribution in [3.05, 3.63) is 65.0 Å². The summed E-state index contributed by atoms with van der Waals surface area (Å²) in [7, 11) is 0. The lowest BCUT2D eigenvalue weighted by atomic mass is 9.97. The molecule has 0 saturated heterocycles. The van der Waals surface area contributed by atoms with E-state index < -0.39 is 91.0 Å². The topological polar surface area (TPSA) is 335 Å². The third kappa shape index (κ3) is 5.68. The molecule has 17 heteroatoms. The number of hydrogen-bond donors (Lipinski definition) is 12. The van der Waals surface area contributed by atoms with Gasteiger partial charge in [-0.2, -0.15) is 0 Å². The van der Waals surface area contributed by atoms with E-state index >= 15 is 0 Å². The maximum Gasteiger partial charge on any atom is 0.202 e. The molecule has 6 aromatic rings. The summed E-state index contributed by atoms with van der Waals surface area (Å²) in [6.45, 7) is 11.6. The summed E-state index contributed by atoms with van der Waals surface area (Å²) in [5.74, 6) is -9.13. The fourth-order valence-corrected chi connectivity index (χ4v) is 6.11. The van der Waals surface area contributed by atoms with Crippen molar-refractivity contribution < 1.29 is 75.6 Å². The van der Waals surface area contributed by atoms with Gasteiger partial charge in [0.05, 0.1) is 10.8 Å². The standard InChI is InChI=1S/2C19H18O8.H2O/c2*1-5-6(2)13(22)17(26)19-9(5)12(21)8(4)18(27-19)10-11(20)7(3)14(23)16(25)15(10)24;/h2*20,22-26H,1-4H3;1H2. The van der Waals surface area contributed by atoms with E-state index in [2.05, 4.69) is 0 Å². The molecule has 0 bridgehead atoms. The maximum absolute atomic E-state index is 12.9. The molecule has 0 spiro atoms. The van der Waals surface area contributed by atoms with Crippen LogP contribution in [0, 0.1) is 55.4 Å². The average molecular weight is 767 g/mol. The van der Waals surface area contributed by atoms with Crippen LogP contribution in [0.15, 0.2) is 18.4 Å². The number of benzene rings is 4. The molecule has 0 aliphatic rings. The van der Waals surface area contributed by atoms with Gasteiger partial charge in [-0.1, -0.05) is 0 Å². The van der Waals surface area contributed by atoms with Crippen LogP contribution in [0.25, 0.3) is 44.6 Å². The van der Waals surface area contributed by atoms with Crippen molar-refractivity contribution in [2.45, 2.75) is 55.4 Å². The molecule has 2 aromatic heterocycles. The van der Waals surface area contributed by atoms with Crippen LogP contribution in [0.3, 0.4) is 0 Å². The molecule has 4 aromatic carbocycles. The smallest absolute Gasteiger partial charge is 0.202 e. The monoisotopic (exact) mass is 766 g/mol. The highest BCUT2D eigenvalue weighted by molar-refractivity contribution is 5.94. The molecule has 2 heterocycles. The summed E-state index contributed by atoms with van der Waals surface area (Å²) < 4.78 is 11.2. The van der Waals surface area contributed by atoms with E-state index in [1.807, 2.05) is 0 Å². The van der Waals surface area contributed by atoms with Gasteiger partial charge in [-0.15, -0.1) is 0 Å². The highest BCUT2D eigenvalue weighted by Crippen LogP contribution is 2.54. The Morgan fingerprint density at radius 1 is 0.309 bits per heavy atom. The Morgan fingerprint density at radius 2 is 0.582 bits per heavy atom. The summed E-state index contributed by atoms with van der Waals surface area (Å²) in [5, 5.41) is 121. The van der Waals surface area contributed by atoms with Gasteiger partial charge in [-0.3, -0.25) is 9.59 Å². The molecule has 0 amide bonds. The van der Waals surface area contributed by atoms with Crippen LogP contribution in [0.5, 0.6) is 69.0 Å². The highest BCUT2D eigenvalue weighted by Gasteiger charge is 2.30. The van der Waals surface area contributed by atoms with Crippen LogP contribution in [-0.2, 0) is 0 Å². The third-order valence-electron chi connectivity index (χ3n) is 9.86. The lowest BCUT2D eigenvalue weighted by molar-refractivity contribution is 0.358. The van der Waals surface area contributed by atoms with Gasteiger partial charge in [0.25, 0.3) is 0 Å². The second kappa shape index (κ2) is 13.7. The van der Waals surface area contributed by atoms with Crippen LogP contribution in [0.2, 0.25) is 0 Å². The molecule has 0 fully saturated rings. The van der Waals surface area contributed by atoms with Crippen LogP contribution in [-0.4, -0.2) is 66.8 Å². The predicted octanol–water partition coefficient (Wildman–Crippen LogP) is 5.03. The average Bonchev–Trinajstić information content (AvgIpc) is 3.14. The summed E-state index contributed by atoms with van der Waals surface area (Å²) in [4.78, 5) is 25.8. The first-order valence-electron chi connectivity index (χ1n) is 15.9. The van der Waals surface area contributed by atoms with E-state index in [-0.39, 0.29) is 61.2 Å². The van der Waals surface area contributed by atoms with Gasteiger partial charge in [-0.05, 0) is 77.6 Å². The van der Waals surface area contributed by atoms with Gasteiger partial charge in [-0.25, -0.2) is 0 Å². The van der Waals surface area contributed by atoms with Crippen molar-refractivity contribution in [1.29, 1.82) is 0 Å². The Hall–Kier alpha value is -7.14. The minimum absolute atomic E-state index is 0. The minimum atomic E-state index is -0.895. The molecular formula is C38H38O17. The summed E-state index contributed by atoms with van der Waals surface area (Å²) >= 11 is 0. The Morgan fingerprint density at radius 3 is 0.873 bits per heavy atom. The molecule has 17 nitrogen and oxygen atoms in total. The number of fused-ring (bicyclic) bond motifs is 2. The Labute approximate surface area is 309 Å². The second-order valence-corrected chi connectivity index (χ2v) is 12.9. The number of hydrogen-bond acceptors (Lipinski definition) is 16. The van der Waals surface area contributed by atoms with Gasteiger partial charge in [0, 0.05) is 22.3 Å². The molecule has 0 aliphatic heterocycles. The maximum atomic E-state index is 12.9. The summed E-state index contributed by atoms with van der Waals surface area (Å²) in [6, 6.07) is 0. The molecule has 6 rings (SSSR count). The summed E-state index contributed by atoms with van der Waals surface area (Å²) in [6.07, 6.45) is 0. The molecule has 55 heavy (non-hydrogen) atoms. The van der Waals surface area contributed by atoms with Crippen molar-refractivity contribution in [2.24, 2.45) is 0 Å². The van der Waals surface area contributed by atoms with E-state index in [0.29, 0.717) is 22.3 Å². The largest absolute Gasteiger partial charge is 0.507 e. The Kier molecular flexibility index (Phi) is 10.1. The van der Waals surface area contributed by atoms with E-state index in [1.54, 1.807) is 13.8 Å². The third-order valence-corrected chi connectivity index (χ3v) is 9.86. The van der Waals surface area contributed by atoms with Crippen molar-refractivity contribution in [2.75, 3.05) is 0 Å². The first-order chi connectivity index (χ1) is 25.0. The molecule has 0 radical (unpaired) electrons. The second-order valence-electron chi connectivity index (χ2n) is 12.9. The van der Waals surface area contributed by atoms with Crippen LogP contribution in [0.1, 0.15) is 44.5 Å². The molecule has 0 aliphatic carbocycles. The number of aryl methyl sites for hydroxylation is 2. The van der Waals surface area contributed by atoms with Crippen LogP contribution in [0.4, 0.5) is 0 Å². The summed E-state index contributed by atoms with van der Waals surface area (Å²) in [5.41, 5.74) is -1.48. The fourth-order valence-electron chi connectivity index (χ4n) is 6.11. The van der Waals surface area contributed by atoms with Crippen molar-refractivity contribution in [1.82, 2.24) is 0 Å². The quantitative estimate of drug-likeness (QED) is 0.0812. The lowest BCUT2D eigenvalue weighted by Gasteiger charge is -2.16. The SMILES string of the molecule is Cc1c(O)c(O)c(O)c(-c2oc3c(O)c(O)c(C)c(C)c3c(=O)c2C)c1O.Cc1c(O)c(O)c(O)c(-c2oc3c(O)c(O)c(C)c(C)c3c(=O)c2C)c1O.O. The molecule has 292 valence electrons. The van der Waals surface area contributed by atoms with Crippen LogP contribution < -0.4 is 10.9 Å². The Balaban J connectivity index is 0.000000240. The van der Waals surface area contributed by atoms with Gasteiger partial charge in [0.2, 0.25) is 23.0 Å². The van der Waals surface area contributed by atoms with E-state index in [0.717, 1.165) is 0 Å². The number of phenols is 12. The zero-order valence-corrected chi connectivity index (χ0v) is 30.5. The molecule has 0 saturated carbocycles. The van der Waals surface area contributed by atoms with E-state index in [9.17, 15) is 70.9 Å². The van der Waals surface area contributed by atoms with Gasteiger partial charge in [0.15, 0.2) is 56.5 Å². The highest BCUT2D eigenvalue weighted by atomic mass is 16.4. The minimum Gasteiger partial charge on any atom is -0.507 e. The first-order valence-corrected chi connectivity index (χ1v) is 15.9. The molecule has 0 unspecified atom stereocenters. The Bertz CT molecular complexity index is 2510. The van der Waals surface area contributed by atoms with Gasteiger partial charge in [0.1, 0.15) is 34.1 Å². The normalized spacial score (nSPS) is 11.1. The molecule has 0 atom stereocenters. The van der Waals surface area contributed by atoms with Gasteiger partial charge >= 0.3 is 0 Å². The zero-order chi connectivity index (χ0) is 40.7. The predicted molar refractivity (Wildman–Crippen MR) is 197 cm³/mol. The molecular weight excluding hydrogens is 728 g/mol. The van der Waals surface area contributed by atoms with Crippen molar-refractivity contribution in [3.8, 4) is 91.6 Å². The number of aromatic hydroxyl groups is 12. The van der Waals surface area contributed by atoms with Crippen molar-refractivity contribution in [3.63, 3.8) is 0 Å². The number of phenolic OH excluding ortho intramolecular Hbond substituents is 12. The fraction of sp³-hybridized carbons (Fsp3) is 0.211. The lowest BCUT2D eigenvalue weighted by Crippen LogP contribution is -2.10. The van der Waals surface area contributed by atoms with Crippen LogP contribution >= 0.6 is 0 Å². The van der Waals surface area contributed by atoms with Gasteiger partial charge < -0.3 is 75.6 Å².